The van der Waals surface area contributed by atoms with Gasteiger partial charge in [0.2, 0.25) is 5.91 Å². The van der Waals surface area contributed by atoms with E-state index in [0.29, 0.717) is 45.1 Å². The molecule has 0 aromatic heterocycles. The lowest BCUT2D eigenvalue weighted by Gasteiger charge is -2.13. The number of nitrogens with one attached hydrogen (secondary N) is 3. The average molecular weight is 543 g/mol. The van der Waals surface area contributed by atoms with Crippen LogP contribution in [0.2, 0.25) is 10.0 Å². The van der Waals surface area contributed by atoms with Crippen molar-refractivity contribution in [3.8, 4) is 11.5 Å². The fourth-order valence-corrected chi connectivity index (χ4v) is 3.49. The van der Waals surface area contributed by atoms with Crippen LogP contribution in [0.1, 0.15) is 25.0 Å². The second-order valence-corrected chi connectivity index (χ2v) is 8.42. The summed E-state index contributed by atoms with van der Waals surface area (Å²) < 4.78 is 11.5. The number of ether oxygens (including phenoxy) is 2. The average Bonchev–Trinajstić information content (AvgIpc) is 2.85. The summed E-state index contributed by atoms with van der Waals surface area (Å²) >= 11 is 12.1. The highest BCUT2D eigenvalue weighted by Crippen LogP contribution is 2.30. The minimum Gasteiger partial charge on any atom is -0.490 e. The molecule has 3 aromatic rings. The van der Waals surface area contributed by atoms with E-state index in [4.69, 9.17) is 32.7 Å². The van der Waals surface area contributed by atoms with Crippen molar-refractivity contribution in [3.05, 3.63) is 81.8 Å². The zero-order valence-electron chi connectivity index (χ0n) is 20.0. The van der Waals surface area contributed by atoms with Crippen LogP contribution >= 0.6 is 23.2 Å². The van der Waals surface area contributed by atoms with Gasteiger partial charge in [0.15, 0.2) is 11.5 Å². The second-order valence-electron chi connectivity index (χ2n) is 7.58. The lowest BCUT2D eigenvalue weighted by Crippen LogP contribution is -2.32. The van der Waals surface area contributed by atoms with Gasteiger partial charge in [0.05, 0.1) is 12.8 Å². The fourth-order valence-electron chi connectivity index (χ4n) is 3.03. The number of benzene rings is 3. The van der Waals surface area contributed by atoms with Gasteiger partial charge in [0, 0.05) is 33.9 Å². The highest BCUT2D eigenvalue weighted by molar-refractivity contribution is 6.39. The van der Waals surface area contributed by atoms with Gasteiger partial charge >= 0.3 is 11.8 Å². The van der Waals surface area contributed by atoms with Crippen LogP contribution in [0.5, 0.6) is 11.5 Å². The molecule has 37 heavy (non-hydrogen) atoms. The molecule has 192 valence electrons. The molecule has 0 aliphatic heterocycles. The molecule has 0 saturated carbocycles. The quantitative estimate of drug-likeness (QED) is 0.199. The summed E-state index contributed by atoms with van der Waals surface area (Å²) in [4.78, 5) is 35.3. The first-order chi connectivity index (χ1) is 17.7. The molecule has 0 atom stereocenters. The molecule has 0 spiro atoms. The van der Waals surface area contributed by atoms with Crippen LogP contribution in [-0.2, 0) is 21.0 Å². The maximum absolute atomic E-state index is 12.1. The fraction of sp³-hybridized carbons (Fsp3) is 0.154. The van der Waals surface area contributed by atoms with E-state index < -0.39 is 11.8 Å². The Balaban J connectivity index is 1.57. The summed E-state index contributed by atoms with van der Waals surface area (Å²) in [5, 5.41) is 9.93. The second kappa shape index (κ2) is 13.3. The maximum Gasteiger partial charge on any atom is 0.329 e. The van der Waals surface area contributed by atoms with Crippen LogP contribution in [0.3, 0.4) is 0 Å². The molecular formula is C26H24Cl2N4O5. The molecule has 0 fully saturated rings. The molecule has 3 rings (SSSR count). The molecule has 0 heterocycles. The molecule has 0 radical (unpaired) electrons. The topological polar surface area (TPSA) is 118 Å². The van der Waals surface area contributed by atoms with Gasteiger partial charge in [0.1, 0.15) is 6.61 Å². The van der Waals surface area contributed by atoms with Gasteiger partial charge in [0.25, 0.3) is 0 Å². The molecule has 0 unspecified atom stereocenters. The van der Waals surface area contributed by atoms with Crippen LogP contribution < -0.4 is 25.5 Å². The molecule has 3 N–H and O–H groups in total. The third-order valence-corrected chi connectivity index (χ3v) is 5.30. The van der Waals surface area contributed by atoms with E-state index in [2.05, 4.69) is 21.2 Å². The summed E-state index contributed by atoms with van der Waals surface area (Å²) in [6, 6.07) is 16.6. The van der Waals surface area contributed by atoms with E-state index in [1.54, 1.807) is 60.7 Å². The third kappa shape index (κ3) is 8.52. The highest BCUT2D eigenvalue weighted by atomic mass is 35.5. The molecule has 3 amide bonds. The van der Waals surface area contributed by atoms with Crippen LogP contribution in [-0.4, -0.2) is 30.5 Å². The van der Waals surface area contributed by atoms with Gasteiger partial charge in [-0.3, -0.25) is 14.4 Å². The first kappa shape index (κ1) is 27.5. The Kier molecular flexibility index (Phi) is 9.88. The normalized spacial score (nSPS) is 10.6. The van der Waals surface area contributed by atoms with Crippen LogP contribution in [0.15, 0.2) is 65.8 Å². The van der Waals surface area contributed by atoms with Gasteiger partial charge in [-0.1, -0.05) is 29.3 Å². The predicted octanol–water partition coefficient (Wildman–Crippen LogP) is 5.02. The van der Waals surface area contributed by atoms with Crippen molar-refractivity contribution >= 4 is 58.5 Å². The van der Waals surface area contributed by atoms with E-state index in [1.807, 2.05) is 6.92 Å². The standard InChI is InChI=1S/C26H24Cl2N4O5/c1-3-36-24-12-17(4-11-23(24)37-15-18-5-6-19(27)13-22(18)28)14-29-32-26(35)25(34)31-21-9-7-20(8-10-21)30-16(2)33/h4-14H,3,15H2,1-2H3,(H,30,33)(H,31,34)(H,32,35)/b29-14+. The van der Waals surface area contributed by atoms with Crippen molar-refractivity contribution < 1.29 is 23.9 Å². The Morgan fingerprint density at radius 1 is 0.865 bits per heavy atom. The molecule has 0 aliphatic rings. The third-order valence-electron chi connectivity index (χ3n) is 4.71. The molecule has 0 bridgehead atoms. The SMILES string of the molecule is CCOc1cc(/C=N/NC(=O)C(=O)Nc2ccc(NC(C)=O)cc2)ccc1OCc1ccc(Cl)cc1Cl. The van der Waals surface area contributed by atoms with E-state index in [-0.39, 0.29) is 12.5 Å². The number of halogens is 2. The number of carbonyl (C=O) groups is 3. The number of anilines is 2. The molecule has 0 aliphatic carbocycles. The summed E-state index contributed by atoms with van der Waals surface area (Å²) in [5.41, 5.74) is 4.50. The van der Waals surface area contributed by atoms with Crippen LogP contribution in [0.4, 0.5) is 11.4 Å². The Morgan fingerprint density at radius 2 is 1.57 bits per heavy atom. The van der Waals surface area contributed by atoms with Crippen molar-refractivity contribution in [2.75, 3.05) is 17.2 Å². The number of amides is 3. The first-order valence-corrected chi connectivity index (χ1v) is 11.9. The van der Waals surface area contributed by atoms with Crippen molar-refractivity contribution in [3.63, 3.8) is 0 Å². The number of hydrazone groups is 1. The highest BCUT2D eigenvalue weighted by Gasteiger charge is 2.13. The number of nitrogens with zero attached hydrogens (tertiary/aromatic N) is 1. The Hall–Kier alpha value is -4.08. The van der Waals surface area contributed by atoms with Crippen molar-refractivity contribution in [1.82, 2.24) is 5.43 Å². The molecule has 0 saturated heterocycles. The van der Waals surface area contributed by atoms with E-state index in [1.165, 1.54) is 13.1 Å². The number of rotatable bonds is 9. The number of hydrogen-bond donors (Lipinski definition) is 3. The Morgan fingerprint density at radius 3 is 2.22 bits per heavy atom. The monoisotopic (exact) mass is 542 g/mol. The van der Waals surface area contributed by atoms with Crippen molar-refractivity contribution in [1.29, 1.82) is 0 Å². The van der Waals surface area contributed by atoms with E-state index in [9.17, 15) is 14.4 Å². The van der Waals surface area contributed by atoms with Crippen molar-refractivity contribution in [2.45, 2.75) is 20.5 Å². The minimum absolute atomic E-state index is 0.213. The molecular weight excluding hydrogens is 519 g/mol. The summed E-state index contributed by atoms with van der Waals surface area (Å²) in [6.07, 6.45) is 1.37. The minimum atomic E-state index is -0.952. The largest absolute Gasteiger partial charge is 0.490 e. The Bertz CT molecular complexity index is 1310. The van der Waals surface area contributed by atoms with Gasteiger partial charge in [-0.2, -0.15) is 5.10 Å². The number of carbonyl (C=O) groups excluding carboxylic acids is 3. The van der Waals surface area contributed by atoms with E-state index >= 15 is 0 Å². The van der Waals surface area contributed by atoms with Crippen molar-refractivity contribution in [2.24, 2.45) is 5.10 Å². The predicted molar refractivity (Wildman–Crippen MR) is 144 cm³/mol. The lowest BCUT2D eigenvalue weighted by atomic mass is 10.2. The zero-order chi connectivity index (χ0) is 26.8. The number of hydrogen-bond acceptors (Lipinski definition) is 6. The van der Waals surface area contributed by atoms with Gasteiger partial charge < -0.3 is 20.1 Å². The zero-order valence-corrected chi connectivity index (χ0v) is 21.5. The lowest BCUT2D eigenvalue weighted by molar-refractivity contribution is -0.136. The maximum atomic E-state index is 12.1. The summed E-state index contributed by atoms with van der Waals surface area (Å²) in [7, 11) is 0. The molecule has 11 heteroatoms. The smallest absolute Gasteiger partial charge is 0.329 e. The summed E-state index contributed by atoms with van der Waals surface area (Å²) in [5.74, 6) is -1.09. The Labute approximate surface area is 223 Å². The van der Waals surface area contributed by atoms with E-state index in [0.717, 1.165) is 5.56 Å². The van der Waals surface area contributed by atoms with Gasteiger partial charge in [-0.05, 0) is 67.1 Å². The summed E-state index contributed by atoms with van der Waals surface area (Å²) in [6.45, 7) is 3.85. The first-order valence-electron chi connectivity index (χ1n) is 11.1. The van der Waals surface area contributed by atoms with Gasteiger partial charge in [-0.15, -0.1) is 0 Å². The van der Waals surface area contributed by atoms with Crippen LogP contribution in [0, 0.1) is 0 Å². The molecule has 3 aromatic carbocycles. The van der Waals surface area contributed by atoms with Gasteiger partial charge in [-0.25, -0.2) is 5.43 Å². The molecule has 9 nitrogen and oxygen atoms in total. The van der Waals surface area contributed by atoms with Crippen LogP contribution in [0.25, 0.3) is 0 Å².